The van der Waals surface area contributed by atoms with Crippen LogP contribution in [0.5, 0.6) is 11.5 Å². The number of nitrogens with one attached hydrogen (secondary N) is 1. The zero-order valence-electron chi connectivity index (χ0n) is 25.5. The normalized spacial score (nSPS) is 12.0. The van der Waals surface area contributed by atoms with Gasteiger partial charge in [0, 0.05) is 24.2 Å². The molecule has 0 saturated carbocycles. The maximum atomic E-state index is 14.2. The largest absolute Gasteiger partial charge is 0.493 e. The molecule has 3 aromatic carbocycles. The van der Waals surface area contributed by atoms with Crippen LogP contribution < -0.4 is 19.1 Å². The Bertz CT molecular complexity index is 1510. The van der Waals surface area contributed by atoms with E-state index >= 15 is 0 Å². The molecule has 3 aromatic rings. The Morgan fingerprint density at radius 3 is 2.19 bits per heavy atom. The number of nitrogens with zero attached hydrogens (tertiary/aromatic N) is 2. The molecule has 0 bridgehead atoms. The molecule has 0 unspecified atom stereocenters. The first kappa shape index (κ1) is 33.7. The summed E-state index contributed by atoms with van der Waals surface area (Å²) in [6, 6.07) is 17.2. The zero-order chi connectivity index (χ0) is 31.7. The molecule has 0 radical (unpaired) electrons. The highest BCUT2D eigenvalue weighted by Crippen LogP contribution is 2.33. The van der Waals surface area contributed by atoms with Gasteiger partial charge in [-0.2, -0.15) is 0 Å². The third-order valence-corrected chi connectivity index (χ3v) is 9.03. The molecule has 0 aliphatic heterocycles. The van der Waals surface area contributed by atoms with Gasteiger partial charge in [0.15, 0.2) is 11.5 Å². The molecular weight excluding hydrogens is 590 g/mol. The molecule has 2 amide bonds. The Labute approximate surface area is 259 Å². The number of methoxy groups -OCH3 is 2. The van der Waals surface area contributed by atoms with Gasteiger partial charge in [0.25, 0.3) is 10.0 Å². The van der Waals surface area contributed by atoms with Crippen LogP contribution in [0.25, 0.3) is 0 Å². The van der Waals surface area contributed by atoms with Crippen LogP contribution in [0.15, 0.2) is 71.6 Å². The molecule has 0 aromatic heterocycles. The van der Waals surface area contributed by atoms with E-state index in [0.29, 0.717) is 23.7 Å². The maximum Gasteiger partial charge on any atom is 0.264 e. The van der Waals surface area contributed by atoms with E-state index in [-0.39, 0.29) is 34.7 Å². The quantitative estimate of drug-likeness (QED) is 0.255. The van der Waals surface area contributed by atoms with Crippen molar-refractivity contribution in [2.75, 3.05) is 31.6 Å². The smallest absolute Gasteiger partial charge is 0.264 e. The lowest BCUT2D eigenvalue weighted by molar-refractivity contribution is -0.140. The number of ether oxygens (including phenoxy) is 2. The molecular formula is C32H40ClN3O6S. The second-order valence-corrected chi connectivity index (χ2v) is 12.8. The highest BCUT2D eigenvalue weighted by Gasteiger charge is 2.34. The van der Waals surface area contributed by atoms with Crippen molar-refractivity contribution in [2.45, 2.75) is 51.6 Å². The van der Waals surface area contributed by atoms with Gasteiger partial charge in [-0.1, -0.05) is 56.6 Å². The first-order valence-corrected chi connectivity index (χ1v) is 15.9. The molecule has 0 heterocycles. The van der Waals surface area contributed by atoms with Crippen molar-refractivity contribution in [2.24, 2.45) is 5.92 Å². The van der Waals surface area contributed by atoms with Crippen LogP contribution in [-0.2, 0) is 26.2 Å². The lowest BCUT2D eigenvalue weighted by Crippen LogP contribution is -2.52. The van der Waals surface area contributed by atoms with Crippen LogP contribution in [0.2, 0.25) is 5.02 Å². The van der Waals surface area contributed by atoms with E-state index in [1.165, 1.54) is 49.5 Å². The number of sulfonamides is 1. The van der Waals surface area contributed by atoms with Gasteiger partial charge < -0.3 is 19.7 Å². The fraction of sp³-hybridized carbons (Fsp3) is 0.375. The van der Waals surface area contributed by atoms with Gasteiger partial charge >= 0.3 is 0 Å². The van der Waals surface area contributed by atoms with Gasteiger partial charge in [0.1, 0.15) is 12.6 Å². The number of carbonyl (C=O) groups excluding carboxylic acids is 2. The van der Waals surface area contributed by atoms with Crippen LogP contribution in [0.4, 0.5) is 5.69 Å². The fourth-order valence-electron chi connectivity index (χ4n) is 4.55. The van der Waals surface area contributed by atoms with Gasteiger partial charge in [-0.25, -0.2) is 8.42 Å². The van der Waals surface area contributed by atoms with E-state index in [0.717, 1.165) is 15.4 Å². The van der Waals surface area contributed by atoms with Gasteiger partial charge in [0.2, 0.25) is 11.8 Å². The molecule has 232 valence electrons. The number of carbonyl (C=O) groups is 2. The summed E-state index contributed by atoms with van der Waals surface area (Å²) in [6.45, 7) is 7.75. The van der Waals surface area contributed by atoms with E-state index < -0.39 is 28.5 Å². The summed E-state index contributed by atoms with van der Waals surface area (Å²) in [6.07, 6.45) is 0.338. The second-order valence-electron chi connectivity index (χ2n) is 10.5. The highest BCUT2D eigenvalue weighted by atomic mass is 35.5. The average molecular weight is 630 g/mol. The summed E-state index contributed by atoms with van der Waals surface area (Å²) in [5.74, 6) is -0.0279. The molecule has 11 heteroatoms. The molecule has 9 nitrogen and oxygen atoms in total. The van der Waals surface area contributed by atoms with Crippen LogP contribution >= 0.6 is 11.6 Å². The zero-order valence-corrected chi connectivity index (χ0v) is 27.0. The van der Waals surface area contributed by atoms with Crippen molar-refractivity contribution in [1.82, 2.24) is 10.2 Å². The van der Waals surface area contributed by atoms with Crippen molar-refractivity contribution in [3.8, 4) is 11.5 Å². The summed E-state index contributed by atoms with van der Waals surface area (Å²) < 4.78 is 39.9. The number of aryl methyl sites for hydroxylation is 1. The van der Waals surface area contributed by atoms with Crippen LogP contribution in [-0.4, -0.2) is 58.5 Å². The Morgan fingerprint density at radius 2 is 1.60 bits per heavy atom. The summed E-state index contributed by atoms with van der Waals surface area (Å²) >= 11 is 6.11. The molecule has 0 saturated heterocycles. The van der Waals surface area contributed by atoms with E-state index in [1.807, 2.05) is 52.0 Å². The Morgan fingerprint density at radius 1 is 0.953 bits per heavy atom. The summed E-state index contributed by atoms with van der Waals surface area (Å²) in [5.41, 5.74) is 2.04. The first-order chi connectivity index (χ1) is 20.4. The summed E-state index contributed by atoms with van der Waals surface area (Å²) in [7, 11) is -1.44. The van der Waals surface area contributed by atoms with Gasteiger partial charge in [0.05, 0.1) is 24.8 Å². The molecule has 0 fully saturated rings. The predicted molar refractivity (Wildman–Crippen MR) is 169 cm³/mol. The van der Waals surface area contributed by atoms with Crippen molar-refractivity contribution < 1.29 is 27.5 Å². The standard InChI is InChI=1S/C32H40ClN3O6S/c1-7-28(32(38)34-19-22(2)3)35(20-24-11-9-8-10-23(24)4)31(37)21-36(26-14-12-25(33)13-15-26)43(39,40)27-16-17-29(41-5)30(18-27)42-6/h8-18,22,28H,7,19-21H2,1-6H3,(H,34,38)/t28-/m1/s1. The molecule has 43 heavy (non-hydrogen) atoms. The van der Waals surface area contributed by atoms with Crippen LogP contribution in [0, 0.1) is 12.8 Å². The Hall–Kier alpha value is -3.76. The van der Waals surface area contributed by atoms with Crippen LogP contribution in [0.3, 0.4) is 0 Å². The Kier molecular flexibility index (Phi) is 11.9. The third-order valence-electron chi connectivity index (χ3n) is 7.01. The molecule has 0 aliphatic carbocycles. The van der Waals surface area contributed by atoms with E-state index in [1.54, 1.807) is 12.1 Å². The van der Waals surface area contributed by atoms with Crippen LogP contribution in [0.1, 0.15) is 38.3 Å². The molecule has 1 N–H and O–H groups in total. The summed E-state index contributed by atoms with van der Waals surface area (Å²) in [4.78, 5) is 29.0. The SMILES string of the molecule is CC[C@H](C(=O)NCC(C)C)N(Cc1ccccc1C)C(=O)CN(c1ccc(Cl)cc1)S(=O)(=O)c1ccc(OC)c(OC)c1. The second kappa shape index (κ2) is 15.1. The Balaban J connectivity index is 2.09. The third kappa shape index (κ3) is 8.42. The topological polar surface area (TPSA) is 105 Å². The predicted octanol–water partition coefficient (Wildman–Crippen LogP) is 5.44. The van der Waals surface area contributed by atoms with Crippen molar-refractivity contribution in [1.29, 1.82) is 0 Å². The number of anilines is 1. The van der Waals surface area contributed by atoms with E-state index in [9.17, 15) is 18.0 Å². The molecule has 0 spiro atoms. The number of rotatable bonds is 14. The lowest BCUT2D eigenvalue weighted by atomic mass is 10.1. The average Bonchev–Trinajstić information content (AvgIpc) is 2.99. The number of halogens is 1. The number of benzene rings is 3. The maximum absolute atomic E-state index is 14.2. The van der Waals surface area contributed by atoms with E-state index in [4.69, 9.17) is 21.1 Å². The lowest BCUT2D eigenvalue weighted by Gasteiger charge is -2.33. The minimum atomic E-state index is -4.30. The van der Waals surface area contributed by atoms with Crippen molar-refractivity contribution in [3.63, 3.8) is 0 Å². The van der Waals surface area contributed by atoms with Crippen molar-refractivity contribution >= 4 is 39.1 Å². The minimum absolute atomic E-state index is 0.0972. The summed E-state index contributed by atoms with van der Waals surface area (Å²) in [5, 5.41) is 3.34. The molecule has 0 aliphatic rings. The number of hydrogen-bond donors (Lipinski definition) is 1. The fourth-order valence-corrected chi connectivity index (χ4v) is 6.11. The number of hydrogen-bond acceptors (Lipinski definition) is 6. The number of amides is 2. The van der Waals surface area contributed by atoms with Crippen molar-refractivity contribution in [3.05, 3.63) is 82.9 Å². The first-order valence-electron chi connectivity index (χ1n) is 14.0. The van der Waals surface area contributed by atoms with E-state index in [2.05, 4.69) is 5.32 Å². The molecule has 3 rings (SSSR count). The molecule has 1 atom stereocenters. The monoisotopic (exact) mass is 629 g/mol. The van der Waals surface area contributed by atoms with Gasteiger partial charge in [-0.3, -0.25) is 13.9 Å². The minimum Gasteiger partial charge on any atom is -0.493 e. The van der Waals surface area contributed by atoms with Gasteiger partial charge in [-0.05, 0) is 66.8 Å². The highest BCUT2D eigenvalue weighted by molar-refractivity contribution is 7.92. The van der Waals surface area contributed by atoms with Gasteiger partial charge in [-0.15, -0.1) is 0 Å².